The molecule has 0 bridgehead atoms. The summed E-state index contributed by atoms with van der Waals surface area (Å²) in [6.07, 6.45) is 43.5. The Morgan fingerprint density at radius 3 is 1.56 bits per heavy atom. The molecule has 0 aromatic rings. The predicted octanol–water partition coefficient (Wildman–Crippen LogP) is 10.7. The lowest BCUT2D eigenvalue weighted by Crippen LogP contribution is -2.29. The van der Waals surface area contributed by atoms with Crippen LogP contribution in [0, 0.1) is 0 Å². The molecule has 0 aliphatic carbocycles. The van der Waals surface area contributed by atoms with Gasteiger partial charge in [0.15, 0.2) is 6.10 Å². The molecular formula is C39H65O8P. The highest BCUT2D eigenvalue weighted by Gasteiger charge is 2.22. The minimum absolute atomic E-state index is 0.0833. The molecule has 0 fully saturated rings. The lowest BCUT2D eigenvalue weighted by molar-refractivity contribution is -0.161. The number of carbonyl (C=O) groups excluding carboxylic acids is 2. The number of phosphoric acid groups is 1. The summed E-state index contributed by atoms with van der Waals surface area (Å²) >= 11 is 0. The Morgan fingerprint density at radius 2 is 1.00 bits per heavy atom. The van der Waals surface area contributed by atoms with Gasteiger partial charge in [-0.3, -0.25) is 14.1 Å². The predicted molar refractivity (Wildman–Crippen MR) is 197 cm³/mol. The average molecular weight is 693 g/mol. The van der Waals surface area contributed by atoms with Crippen LogP contribution in [0.25, 0.3) is 0 Å². The van der Waals surface area contributed by atoms with Crippen LogP contribution < -0.4 is 0 Å². The highest BCUT2D eigenvalue weighted by Crippen LogP contribution is 2.35. The zero-order valence-electron chi connectivity index (χ0n) is 29.9. The number of esters is 2. The van der Waals surface area contributed by atoms with E-state index in [9.17, 15) is 14.2 Å². The van der Waals surface area contributed by atoms with Crippen molar-refractivity contribution in [1.29, 1.82) is 0 Å². The van der Waals surface area contributed by atoms with Crippen molar-refractivity contribution in [2.45, 2.75) is 148 Å². The Bertz CT molecular complexity index is 1010. The summed E-state index contributed by atoms with van der Waals surface area (Å²) in [4.78, 5) is 42.6. The van der Waals surface area contributed by atoms with E-state index in [1.165, 1.54) is 38.5 Å². The van der Waals surface area contributed by atoms with Crippen LogP contribution in [0.15, 0.2) is 72.9 Å². The summed E-state index contributed by atoms with van der Waals surface area (Å²) in [5.41, 5.74) is 0. The third-order valence-electron chi connectivity index (χ3n) is 7.21. The second kappa shape index (κ2) is 34.4. The van der Waals surface area contributed by atoms with Gasteiger partial charge in [-0.15, -0.1) is 0 Å². The first kappa shape index (κ1) is 45.5. The van der Waals surface area contributed by atoms with E-state index in [1.54, 1.807) is 0 Å². The van der Waals surface area contributed by atoms with Crippen molar-refractivity contribution >= 4 is 19.8 Å². The quantitative estimate of drug-likeness (QED) is 0.0309. The van der Waals surface area contributed by atoms with E-state index in [0.29, 0.717) is 12.8 Å². The van der Waals surface area contributed by atoms with Gasteiger partial charge in [0.1, 0.15) is 6.61 Å². The maximum atomic E-state index is 12.3. The molecule has 0 amide bonds. The van der Waals surface area contributed by atoms with Crippen molar-refractivity contribution in [1.82, 2.24) is 0 Å². The van der Waals surface area contributed by atoms with Crippen molar-refractivity contribution in [2.75, 3.05) is 13.2 Å². The second-order valence-corrected chi connectivity index (χ2v) is 13.1. The monoisotopic (exact) mass is 692 g/mol. The molecule has 0 unspecified atom stereocenters. The molecule has 0 aliphatic rings. The summed E-state index contributed by atoms with van der Waals surface area (Å²) in [6, 6.07) is 0. The molecular weight excluding hydrogens is 627 g/mol. The number of rotatable bonds is 32. The first-order chi connectivity index (χ1) is 23.3. The molecule has 2 N–H and O–H groups in total. The lowest BCUT2D eigenvalue weighted by Gasteiger charge is -2.18. The van der Waals surface area contributed by atoms with Crippen LogP contribution >= 0.6 is 7.82 Å². The number of carbonyl (C=O) groups is 2. The Hall–Kier alpha value is -2.51. The van der Waals surface area contributed by atoms with Crippen LogP contribution in [0.1, 0.15) is 142 Å². The highest BCUT2D eigenvalue weighted by atomic mass is 31.2. The summed E-state index contributed by atoms with van der Waals surface area (Å²) in [5.74, 6) is -1.00. The third kappa shape index (κ3) is 36.3. The molecule has 0 aromatic carbocycles. The molecule has 0 radical (unpaired) electrons. The van der Waals surface area contributed by atoms with E-state index in [1.807, 2.05) is 12.2 Å². The molecule has 0 rings (SSSR count). The fraction of sp³-hybridized carbons (Fsp3) is 0.641. The van der Waals surface area contributed by atoms with Gasteiger partial charge in [-0.2, -0.15) is 0 Å². The molecule has 48 heavy (non-hydrogen) atoms. The van der Waals surface area contributed by atoms with Crippen molar-refractivity contribution in [3.63, 3.8) is 0 Å². The van der Waals surface area contributed by atoms with Crippen LogP contribution in [-0.2, 0) is 28.2 Å². The van der Waals surface area contributed by atoms with E-state index >= 15 is 0 Å². The minimum atomic E-state index is -4.77. The molecule has 1 atom stereocenters. The lowest BCUT2D eigenvalue weighted by atomic mass is 10.1. The van der Waals surface area contributed by atoms with E-state index in [2.05, 4.69) is 79.1 Å². The molecule has 274 valence electrons. The number of unbranched alkanes of at least 4 members (excludes halogenated alkanes) is 10. The number of hydrogen-bond donors (Lipinski definition) is 2. The van der Waals surface area contributed by atoms with Crippen LogP contribution in [0.3, 0.4) is 0 Å². The van der Waals surface area contributed by atoms with Gasteiger partial charge < -0.3 is 19.3 Å². The van der Waals surface area contributed by atoms with E-state index < -0.39 is 32.5 Å². The molecule has 0 heterocycles. The van der Waals surface area contributed by atoms with Crippen LogP contribution in [0.4, 0.5) is 0 Å². The second-order valence-electron chi connectivity index (χ2n) is 11.8. The van der Waals surface area contributed by atoms with Gasteiger partial charge in [0, 0.05) is 12.8 Å². The van der Waals surface area contributed by atoms with Gasteiger partial charge in [0.05, 0.1) is 6.61 Å². The average Bonchev–Trinajstić information content (AvgIpc) is 3.05. The number of allylic oxidation sites excluding steroid dienone is 12. The standard InChI is InChI=1S/C39H65O8P/c1-3-5-7-9-11-13-15-16-17-18-19-20-21-22-24-26-28-30-32-34-39(41)47-37(36-46-48(42,43)44)35-45-38(40)33-31-29-27-25-23-14-12-10-8-6-4-2/h10-13,16-17,19-20,22,24,28,30,37H,3-9,14-15,18,21,23,25-27,29,31-36H2,1-2H3,(H2,42,43,44)/b12-10+,13-11+,17-16+,20-19+,24-22+,30-28+/t37-/m1/s1. The maximum absolute atomic E-state index is 12.3. The van der Waals surface area contributed by atoms with Gasteiger partial charge >= 0.3 is 19.8 Å². The third-order valence-corrected chi connectivity index (χ3v) is 7.70. The SMILES string of the molecule is CCCC/C=C/CCCCCCCC(=O)OC[C@H](COP(=O)(O)O)OC(=O)CC/C=C/C/C=C/C/C=C/C/C=C/C/C=C/CCCCC. The highest BCUT2D eigenvalue weighted by molar-refractivity contribution is 7.46. The number of hydrogen-bond acceptors (Lipinski definition) is 6. The smallest absolute Gasteiger partial charge is 0.462 e. The number of phosphoric ester groups is 1. The Kier molecular flexibility index (Phi) is 32.6. The van der Waals surface area contributed by atoms with Crippen LogP contribution in [-0.4, -0.2) is 41.0 Å². The molecule has 0 saturated carbocycles. The summed E-state index contributed by atoms with van der Waals surface area (Å²) in [5, 5.41) is 0. The van der Waals surface area contributed by atoms with Crippen LogP contribution in [0.2, 0.25) is 0 Å². The first-order valence-corrected chi connectivity index (χ1v) is 19.8. The van der Waals surface area contributed by atoms with Crippen LogP contribution in [0.5, 0.6) is 0 Å². The van der Waals surface area contributed by atoms with Gasteiger partial charge in [-0.25, -0.2) is 4.57 Å². The Balaban J connectivity index is 4.15. The molecule has 0 spiro atoms. The zero-order chi connectivity index (χ0) is 35.4. The van der Waals surface area contributed by atoms with Gasteiger partial charge in [-0.1, -0.05) is 132 Å². The van der Waals surface area contributed by atoms with E-state index in [0.717, 1.165) is 64.2 Å². The molecule has 0 aliphatic heterocycles. The first-order valence-electron chi connectivity index (χ1n) is 18.2. The summed E-state index contributed by atoms with van der Waals surface area (Å²) < 4.78 is 26.2. The van der Waals surface area contributed by atoms with E-state index in [4.69, 9.17) is 19.3 Å². The fourth-order valence-electron chi connectivity index (χ4n) is 4.45. The van der Waals surface area contributed by atoms with Gasteiger partial charge in [0.25, 0.3) is 0 Å². The minimum Gasteiger partial charge on any atom is -0.462 e. The largest absolute Gasteiger partial charge is 0.469 e. The summed E-state index contributed by atoms with van der Waals surface area (Å²) in [7, 11) is -4.77. The zero-order valence-corrected chi connectivity index (χ0v) is 30.7. The maximum Gasteiger partial charge on any atom is 0.469 e. The summed E-state index contributed by atoms with van der Waals surface area (Å²) in [6.45, 7) is 3.52. The Labute approximate surface area is 291 Å². The molecule has 0 aromatic heterocycles. The van der Waals surface area contributed by atoms with Gasteiger partial charge in [0.2, 0.25) is 0 Å². The number of ether oxygens (including phenoxy) is 2. The van der Waals surface area contributed by atoms with Crippen molar-refractivity contribution < 1.29 is 37.9 Å². The van der Waals surface area contributed by atoms with Crippen molar-refractivity contribution in [2.24, 2.45) is 0 Å². The topological polar surface area (TPSA) is 119 Å². The fourth-order valence-corrected chi connectivity index (χ4v) is 4.81. The molecule has 0 saturated heterocycles. The van der Waals surface area contributed by atoms with Crippen molar-refractivity contribution in [3.8, 4) is 0 Å². The van der Waals surface area contributed by atoms with Crippen molar-refractivity contribution in [3.05, 3.63) is 72.9 Å². The molecule has 9 heteroatoms. The normalized spacial score (nSPS) is 13.3. The molecule has 8 nitrogen and oxygen atoms in total. The van der Waals surface area contributed by atoms with E-state index in [-0.39, 0.29) is 19.4 Å². The Morgan fingerprint density at radius 1 is 0.542 bits per heavy atom. The van der Waals surface area contributed by atoms with Gasteiger partial charge in [-0.05, 0) is 70.6 Å².